The molecule has 1 aromatic carbocycles. The van der Waals surface area contributed by atoms with Crippen molar-refractivity contribution in [2.45, 2.75) is 26.4 Å². The summed E-state index contributed by atoms with van der Waals surface area (Å²) in [4.78, 5) is 29.8. The summed E-state index contributed by atoms with van der Waals surface area (Å²) in [5.74, 6) is -0.873. The molecule has 0 saturated carbocycles. The van der Waals surface area contributed by atoms with Crippen molar-refractivity contribution in [1.29, 1.82) is 0 Å². The van der Waals surface area contributed by atoms with Crippen molar-refractivity contribution < 1.29 is 19.4 Å². The van der Waals surface area contributed by atoms with Crippen LogP contribution in [0.15, 0.2) is 29.6 Å². The summed E-state index contributed by atoms with van der Waals surface area (Å²) >= 11 is 1.57. The van der Waals surface area contributed by atoms with E-state index in [9.17, 15) is 9.59 Å². The number of hydrogen-bond donors (Lipinski definition) is 1. The van der Waals surface area contributed by atoms with Crippen molar-refractivity contribution in [3.8, 4) is 5.75 Å². The Morgan fingerprint density at radius 3 is 3.00 bits per heavy atom. The van der Waals surface area contributed by atoms with Crippen LogP contribution >= 0.6 is 11.3 Å². The van der Waals surface area contributed by atoms with E-state index in [1.807, 2.05) is 12.3 Å². The van der Waals surface area contributed by atoms with Gasteiger partial charge in [0, 0.05) is 24.0 Å². The van der Waals surface area contributed by atoms with Gasteiger partial charge in [-0.1, -0.05) is 6.07 Å². The van der Waals surface area contributed by atoms with Crippen molar-refractivity contribution in [3.05, 3.63) is 45.9 Å². The SMILES string of the molecule is Cc1nc(COc2cccc(C(=O)N3CCC[C@H](C(=O)O)C3)c2)cs1. The first kappa shape index (κ1) is 17.4. The van der Waals surface area contributed by atoms with Crippen molar-refractivity contribution >= 4 is 23.2 Å². The standard InChI is InChI=1S/C18H20N2O4S/c1-12-19-15(11-25-12)10-24-16-6-2-4-13(8-16)17(21)20-7-3-5-14(9-20)18(22)23/h2,4,6,8,11,14H,3,5,7,9-10H2,1H3,(H,22,23)/t14-/m0/s1. The van der Waals surface area contributed by atoms with Crippen LogP contribution in [-0.2, 0) is 11.4 Å². The fraction of sp³-hybridized carbons (Fsp3) is 0.389. The lowest BCUT2D eigenvalue weighted by molar-refractivity contribution is -0.143. The number of rotatable bonds is 5. The number of likely N-dealkylation sites (tertiary alicyclic amines) is 1. The number of amides is 1. The minimum atomic E-state index is -0.840. The smallest absolute Gasteiger partial charge is 0.308 e. The number of carbonyl (C=O) groups is 2. The van der Waals surface area contributed by atoms with Gasteiger partial charge in [0.05, 0.1) is 16.6 Å². The Kier molecular flexibility index (Phi) is 5.33. The summed E-state index contributed by atoms with van der Waals surface area (Å²) < 4.78 is 5.72. The number of nitrogens with zero attached hydrogens (tertiary/aromatic N) is 2. The number of aromatic nitrogens is 1. The summed E-state index contributed by atoms with van der Waals surface area (Å²) in [6.45, 7) is 3.15. The van der Waals surface area contributed by atoms with E-state index in [2.05, 4.69) is 4.98 Å². The highest BCUT2D eigenvalue weighted by molar-refractivity contribution is 7.09. The highest BCUT2D eigenvalue weighted by Gasteiger charge is 2.28. The lowest BCUT2D eigenvalue weighted by Gasteiger charge is -2.30. The number of carboxylic acid groups (broad SMARTS) is 1. The fourth-order valence-corrected chi connectivity index (χ4v) is 3.49. The normalized spacial score (nSPS) is 17.3. The molecule has 2 heterocycles. The summed E-state index contributed by atoms with van der Waals surface area (Å²) in [5, 5.41) is 12.1. The number of piperidine rings is 1. The second-order valence-electron chi connectivity index (χ2n) is 6.10. The first-order valence-corrected chi connectivity index (χ1v) is 9.07. The van der Waals surface area contributed by atoms with Crippen molar-refractivity contribution in [1.82, 2.24) is 9.88 Å². The Labute approximate surface area is 150 Å². The molecule has 0 spiro atoms. The quantitative estimate of drug-likeness (QED) is 0.887. The third kappa shape index (κ3) is 4.36. The van der Waals surface area contributed by atoms with Gasteiger partial charge in [-0.25, -0.2) is 4.98 Å². The highest BCUT2D eigenvalue weighted by Crippen LogP contribution is 2.21. The van der Waals surface area contributed by atoms with Crippen LogP contribution in [0.25, 0.3) is 0 Å². The number of hydrogen-bond acceptors (Lipinski definition) is 5. The maximum Gasteiger partial charge on any atom is 0.308 e. The number of aryl methyl sites for hydroxylation is 1. The molecule has 1 fully saturated rings. The predicted molar refractivity (Wildman–Crippen MR) is 93.9 cm³/mol. The van der Waals surface area contributed by atoms with Crippen LogP contribution in [0.2, 0.25) is 0 Å². The second-order valence-corrected chi connectivity index (χ2v) is 7.17. The Bertz CT molecular complexity index is 774. The first-order chi connectivity index (χ1) is 12.0. The molecule has 6 nitrogen and oxygen atoms in total. The van der Waals surface area contributed by atoms with Gasteiger partial charge in [0.25, 0.3) is 5.91 Å². The molecular weight excluding hydrogens is 340 g/mol. The Morgan fingerprint density at radius 2 is 2.28 bits per heavy atom. The average molecular weight is 360 g/mol. The van der Waals surface area contributed by atoms with E-state index in [0.29, 0.717) is 37.3 Å². The van der Waals surface area contributed by atoms with Gasteiger partial charge in [-0.05, 0) is 38.0 Å². The third-order valence-electron chi connectivity index (χ3n) is 4.19. The van der Waals surface area contributed by atoms with E-state index in [4.69, 9.17) is 9.84 Å². The van der Waals surface area contributed by atoms with Gasteiger partial charge >= 0.3 is 5.97 Å². The molecule has 132 valence electrons. The van der Waals surface area contributed by atoms with E-state index in [-0.39, 0.29) is 12.5 Å². The zero-order valence-electron chi connectivity index (χ0n) is 14.0. The number of thiazole rings is 1. The summed E-state index contributed by atoms with van der Waals surface area (Å²) in [6, 6.07) is 7.00. The molecule has 2 aromatic rings. The predicted octanol–water partition coefficient (Wildman–Crippen LogP) is 2.97. The van der Waals surface area contributed by atoms with E-state index in [1.54, 1.807) is 40.5 Å². The largest absolute Gasteiger partial charge is 0.487 e. The van der Waals surface area contributed by atoms with Crippen LogP contribution < -0.4 is 4.74 Å². The van der Waals surface area contributed by atoms with Crippen LogP contribution in [0, 0.1) is 12.8 Å². The lowest BCUT2D eigenvalue weighted by atomic mass is 9.97. The highest BCUT2D eigenvalue weighted by atomic mass is 32.1. The minimum absolute atomic E-state index is 0.152. The lowest BCUT2D eigenvalue weighted by Crippen LogP contribution is -2.42. The molecule has 3 rings (SSSR count). The van der Waals surface area contributed by atoms with Gasteiger partial charge in [-0.2, -0.15) is 0 Å². The number of benzene rings is 1. The zero-order chi connectivity index (χ0) is 17.8. The topological polar surface area (TPSA) is 79.7 Å². The molecule has 1 N–H and O–H groups in total. The van der Waals surface area contributed by atoms with Gasteiger partial charge in [0.15, 0.2) is 0 Å². The van der Waals surface area contributed by atoms with Crippen LogP contribution in [0.4, 0.5) is 0 Å². The Balaban J connectivity index is 1.65. The fourth-order valence-electron chi connectivity index (χ4n) is 2.90. The molecule has 0 unspecified atom stereocenters. The van der Waals surface area contributed by atoms with Gasteiger partial charge in [-0.15, -0.1) is 11.3 Å². The number of carboxylic acids is 1. The molecule has 1 aliphatic rings. The van der Waals surface area contributed by atoms with E-state index < -0.39 is 11.9 Å². The summed E-state index contributed by atoms with van der Waals surface area (Å²) in [5.41, 5.74) is 1.37. The van der Waals surface area contributed by atoms with E-state index >= 15 is 0 Å². The van der Waals surface area contributed by atoms with Crippen molar-refractivity contribution in [2.75, 3.05) is 13.1 Å². The molecule has 1 aliphatic heterocycles. The van der Waals surface area contributed by atoms with Gasteiger partial charge in [0.1, 0.15) is 12.4 Å². The van der Waals surface area contributed by atoms with Gasteiger partial charge in [-0.3, -0.25) is 9.59 Å². The van der Waals surface area contributed by atoms with Crippen molar-refractivity contribution in [3.63, 3.8) is 0 Å². The maximum absolute atomic E-state index is 12.7. The number of carbonyl (C=O) groups excluding carboxylic acids is 1. The Morgan fingerprint density at radius 1 is 1.44 bits per heavy atom. The maximum atomic E-state index is 12.7. The molecule has 1 aromatic heterocycles. The van der Waals surface area contributed by atoms with E-state index in [0.717, 1.165) is 10.7 Å². The van der Waals surface area contributed by atoms with Crippen LogP contribution in [-0.4, -0.2) is 40.0 Å². The van der Waals surface area contributed by atoms with Crippen LogP contribution in [0.3, 0.4) is 0 Å². The molecule has 1 saturated heterocycles. The first-order valence-electron chi connectivity index (χ1n) is 8.19. The summed E-state index contributed by atoms with van der Waals surface area (Å²) in [6.07, 6.45) is 1.33. The monoisotopic (exact) mass is 360 g/mol. The molecule has 0 bridgehead atoms. The molecule has 0 radical (unpaired) electrons. The molecule has 7 heteroatoms. The van der Waals surface area contributed by atoms with Crippen LogP contribution in [0.1, 0.15) is 33.9 Å². The molecule has 25 heavy (non-hydrogen) atoms. The minimum Gasteiger partial charge on any atom is -0.487 e. The van der Waals surface area contributed by atoms with Crippen LogP contribution in [0.5, 0.6) is 5.75 Å². The third-order valence-corrected chi connectivity index (χ3v) is 5.01. The van der Waals surface area contributed by atoms with Crippen molar-refractivity contribution in [2.24, 2.45) is 5.92 Å². The molecule has 1 amide bonds. The van der Waals surface area contributed by atoms with Gasteiger partial charge in [0.2, 0.25) is 0 Å². The van der Waals surface area contributed by atoms with E-state index in [1.165, 1.54) is 0 Å². The number of aliphatic carboxylic acids is 1. The molecule has 1 atom stereocenters. The zero-order valence-corrected chi connectivity index (χ0v) is 14.8. The average Bonchev–Trinajstić information content (AvgIpc) is 3.05. The molecular formula is C18H20N2O4S. The second kappa shape index (κ2) is 7.65. The molecule has 0 aliphatic carbocycles. The summed E-state index contributed by atoms with van der Waals surface area (Å²) in [7, 11) is 0. The van der Waals surface area contributed by atoms with Gasteiger partial charge < -0.3 is 14.7 Å². The number of ether oxygens (including phenoxy) is 1. The Hall–Kier alpha value is -2.41.